The summed E-state index contributed by atoms with van der Waals surface area (Å²) in [5.74, 6) is 1.80. The van der Waals surface area contributed by atoms with Crippen molar-refractivity contribution in [3.8, 4) is 0 Å². The Morgan fingerprint density at radius 1 is 1.39 bits per heavy atom. The Hall–Kier alpha value is -1.36. The normalized spacial score (nSPS) is 24.7. The molecule has 1 unspecified atom stereocenters. The number of aromatic nitrogens is 2. The number of nitrogens with zero attached hydrogens (tertiary/aromatic N) is 3. The van der Waals surface area contributed by atoms with Crippen LogP contribution >= 0.6 is 0 Å². The topological polar surface area (TPSA) is 61.3 Å². The maximum atomic E-state index is 10.1. The van der Waals surface area contributed by atoms with Crippen molar-refractivity contribution >= 4 is 11.6 Å². The van der Waals surface area contributed by atoms with Gasteiger partial charge in [-0.1, -0.05) is 0 Å². The highest BCUT2D eigenvalue weighted by Gasteiger charge is 2.25. The molecule has 1 aromatic heterocycles. The van der Waals surface area contributed by atoms with Gasteiger partial charge in [-0.05, 0) is 33.1 Å². The second-order valence-corrected chi connectivity index (χ2v) is 5.13. The Kier molecular flexibility index (Phi) is 4.01. The van der Waals surface area contributed by atoms with E-state index in [1.165, 1.54) is 0 Å². The number of rotatable bonds is 3. The number of aliphatic hydroxyl groups is 1. The standard InChI is InChI=1S/C13H22N4O/c1-3-14-11-9-12(16-10-15-11)17-7-4-5-13(2,18)6-8-17/h9-10,18H,3-8H2,1-2H3,(H,14,15,16). The second kappa shape index (κ2) is 5.52. The van der Waals surface area contributed by atoms with Gasteiger partial charge in [0.25, 0.3) is 0 Å². The minimum atomic E-state index is -0.535. The largest absolute Gasteiger partial charge is 0.390 e. The van der Waals surface area contributed by atoms with Gasteiger partial charge in [-0.3, -0.25) is 0 Å². The van der Waals surface area contributed by atoms with Gasteiger partial charge in [-0.2, -0.15) is 0 Å². The molecule has 1 fully saturated rings. The molecule has 0 aliphatic carbocycles. The molecule has 5 nitrogen and oxygen atoms in total. The molecule has 0 aromatic carbocycles. The fraction of sp³-hybridized carbons (Fsp3) is 0.692. The van der Waals surface area contributed by atoms with Crippen LogP contribution in [-0.2, 0) is 0 Å². The van der Waals surface area contributed by atoms with Crippen LogP contribution in [0.3, 0.4) is 0 Å². The summed E-state index contributed by atoms with van der Waals surface area (Å²) in [5, 5.41) is 13.3. The fourth-order valence-corrected chi connectivity index (χ4v) is 2.29. The smallest absolute Gasteiger partial charge is 0.134 e. The first kappa shape index (κ1) is 13.1. The van der Waals surface area contributed by atoms with E-state index < -0.39 is 5.60 Å². The molecule has 1 aliphatic heterocycles. The molecule has 0 radical (unpaired) electrons. The van der Waals surface area contributed by atoms with Crippen LogP contribution in [0.4, 0.5) is 11.6 Å². The minimum Gasteiger partial charge on any atom is -0.390 e. The zero-order chi connectivity index (χ0) is 13.0. The lowest BCUT2D eigenvalue weighted by atomic mass is 9.98. The third kappa shape index (κ3) is 3.32. The van der Waals surface area contributed by atoms with Gasteiger partial charge in [0.1, 0.15) is 18.0 Å². The number of hydrogen-bond acceptors (Lipinski definition) is 5. The molecule has 2 rings (SSSR count). The molecule has 2 N–H and O–H groups in total. The first-order valence-electron chi connectivity index (χ1n) is 6.64. The van der Waals surface area contributed by atoms with Gasteiger partial charge < -0.3 is 15.3 Å². The first-order valence-corrected chi connectivity index (χ1v) is 6.64. The lowest BCUT2D eigenvalue weighted by Crippen LogP contribution is -2.28. The van der Waals surface area contributed by atoms with E-state index in [0.29, 0.717) is 0 Å². The highest BCUT2D eigenvalue weighted by molar-refractivity contribution is 5.48. The van der Waals surface area contributed by atoms with Crippen molar-refractivity contribution in [2.24, 2.45) is 0 Å². The SMILES string of the molecule is CCNc1cc(N2CCCC(C)(O)CC2)ncn1. The zero-order valence-electron chi connectivity index (χ0n) is 11.2. The predicted octanol–water partition coefficient (Wildman–Crippen LogP) is 1.65. The van der Waals surface area contributed by atoms with Crippen molar-refractivity contribution < 1.29 is 5.11 Å². The quantitative estimate of drug-likeness (QED) is 0.854. The first-order chi connectivity index (χ1) is 8.61. The summed E-state index contributed by atoms with van der Waals surface area (Å²) in [4.78, 5) is 10.7. The van der Waals surface area contributed by atoms with Crippen LogP contribution in [0.25, 0.3) is 0 Å². The summed E-state index contributed by atoms with van der Waals surface area (Å²) in [5.41, 5.74) is -0.535. The molecule has 0 spiro atoms. The molecule has 0 saturated carbocycles. The molecular formula is C13H22N4O. The van der Waals surface area contributed by atoms with E-state index in [-0.39, 0.29) is 0 Å². The summed E-state index contributed by atoms with van der Waals surface area (Å²) in [6, 6.07) is 1.98. The Bertz CT molecular complexity index is 394. The van der Waals surface area contributed by atoms with Crippen molar-refractivity contribution in [2.45, 2.75) is 38.7 Å². The minimum absolute atomic E-state index is 0.535. The van der Waals surface area contributed by atoms with Crippen molar-refractivity contribution in [3.63, 3.8) is 0 Å². The molecule has 0 bridgehead atoms. The van der Waals surface area contributed by atoms with E-state index in [4.69, 9.17) is 0 Å². The third-order valence-electron chi connectivity index (χ3n) is 3.40. The van der Waals surface area contributed by atoms with Gasteiger partial charge in [0.15, 0.2) is 0 Å². The molecule has 5 heteroatoms. The summed E-state index contributed by atoms with van der Waals surface area (Å²) in [6.07, 6.45) is 4.23. The van der Waals surface area contributed by atoms with Crippen molar-refractivity contribution in [2.75, 3.05) is 29.9 Å². The molecule has 1 saturated heterocycles. The lowest BCUT2D eigenvalue weighted by molar-refractivity contribution is 0.0481. The Balaban J connectivity index is 2.08. The fourth-order valence-electron chi connectivity index (χ4n) is 2.29. The van der Waals surface area contributed by atoms with Gasteiger partial charge in [-0.25, -0.2) is 9.97 Å². The monoisotopic (exact) mass is 250 g/mol. The average Bonchev–Trinajstić information content (AvgIpc) is 2.51. The van der Waals surface area contributed by atoms with Crippen LogP contribution in [0.15, 0.2) is 12.4 Å². The molecule has 100 valence electrons. The Morgan fingerprint density at radius 3 is 3.00 bits per heavy atom. The maximum Gasteiger partial charge on any atom is 0.134 e. The van der Waals surface area contributed by atoms with Gasteiger partial charge in [0, 0.05) is 25.7 Å². The van der Waals surface area contributed by atoms with E-state index in [0.717, 1.165) is 50.5 Å². The van der Waals surface area contributed by atoms with E-state index >= 15 is 0 Å². The molecule has 1 aliphatic rings. The molecule has 2 heterocycles. The maximum absolute atomic E-state index is 10.1. The van der Waals surface area contributed by atoms with Crippen LogP contribution in [0, 0.1) is 0 Å². The zero-order valence-corrected chi connectivity index (χ0v) is 11.2. The highest BCUT2D eigenvalue weighted by atomic mass is 16.3. The summed E-state index contributed by atoms with van der Waals surface area (Å²) >= 11 is 0. The van der Waals surface area contributed by atoms with Crippen LogP contribution in [0.2, 0.25) is 0 Å². The highest BCUT2D eigenvalue weighted by Crippen LogP contribution is 2.24. The van der Waals surface area contributed by atoms with Crippen molar-refractivity contribution in [1.29, 1.82) is 0 Å². The van der Waals surface area contributed by atoms with Crippen LogP contribution < -0.4 is 10.2 Å². The Morgan fingerprint density at radius 2 is 2.22 bits per heavy atom. The summed E-state index contributed by atoms with van der Waals surface area (Å²) < 4.78 is 0. The average molecular weight is 250 g/mol. The predicted molar refractivity (Wildman–Crippen MR) is 72.9 cm³/mol. The summed E-state index contributed by atoms with van der Waals surface area (Å²) in [7, 11) is 0. The Labute approximate surface area is 108 Å². The van der Waals surface area contributed by atoms with E-state index in [2.05, 4.69) is 20.2 Å². The van der Waals surface area contributed by atoms with Crippen LogP contribution in [-0.4, -0.2) is 40.3 Å². The number of nitrogens with one attached hydrogen (secondary N) is 1. The molecule has 1 atom stereocenters. The molecule has 1 aromatic rings. The van der Waals surface area contributed by atoms with Crippen molar-refractivity contribution in [3.05, 3.63) is 12.4 Å². The van der Waals surface area contributed by atoms with Gasteiger partial charge in [0.2, 0.25) is 0 Å². The van der Waals surface area contributed by atoms with Gasteiger partial charge >= 0.3 is 0 Å². The van der Waals surface area contributed by atoms with Crippen LogP contribution in [0.1, 0.15) is 33.1 Å². The lowest BCUT2D eigenvalue weighted by Gasteiger charge is -2.23. The molecule has 18 heavy (non-hydrogen) atoms. The number of anilines is 2. The second-order valence-electron chi connectivity index (χ2n) is 5.13. The van der Waals surface area contributed by atoms with Crippen molar-refractivity contribution in [1.82, 2.24) is 9.97 Å². The van der Waals surface area contributed by atoms with Crippen LogP contribution in [0.5, 0.6) is 0 Å². The third-order valence-corrected chi connectivity index (χ3v) is 3.40. The van der Waals surface area contributed by atoms with Gasteiger partial charge in [0.05, 0.1) is 5.60 Å². The molecular weight excluding hydrogens is 228 g/mol. The van der Waals surface area contributed by atoms with E-state index in [9.17, 15) is 5.11 Å². The summed E-state index contributed by atoms with van der Waals surface area (Å²) in [6.45, 7) is 6.60. The van der Waals surface area contributed by atoms with E-state index in [1.807, 2.05) is 19.9 Å². The van der Waals surface area contributed by atoms with Gasteiger partial charge in [-0.15, -0.1) is 0 Å². The van der Waals surface area contributed by atoms with E-state index in [1.54, 1.807) is 6.33 Å². The molecule has 0 amide bonds. The number of hydrogen-bond donors (Lipinski definition) is 2.